The van der Waals surface area contributed by atoms with Gasteiger partial charge in [-0.25, -0.2) is 4.79 Å². The fourth-order valence-electron chi connectivity index (χ4n) is 2.94. The van der Waals surface area contributed by atoms with Crippen molar-refractivity contribution in [3.63, 3.8) is 0 Å². The lowest BCUT2D eigenvalue weighted by molar-refractivity contribution is -0.130. The molecule has 0 radical (unpaired) electrons. The number of carbonyl (C=O) groups excluding carboxylic acids is 3. The van der Waals surface area contributed by atoms with Crippen LogP contribution in [0.15, 0.2) is 18.2 Å². The summed E-state index contributed by atoms with van der Waals surface area (Å²) in [7, 11) is 0. The molecule has 25 heavy (non-hydrogen) atoms. The maximum Gasteiger partial charge on any atom is 0.325 e. The second-order valence-electron chi connectivity index (χ2n) is 7.08. The third-order valence-electron chi connectivity index (χ3n) is 4.56. The van der Waals surface area contributed by atoms with Gasteiger partial charge in [-0.2, -0.15) is 0 Å². The molecule has 0 saturated carbocycles. The first-order valence-electron chi connectivity index (χ1n) is 8.37. The molecule has 1 saturated heterocycles. The van der Waals surface area contributed by atoms with E-state index in [0.717, 1.165) is 11.3 Å². The molecule has 0 aromatic heterocycles. The van der Waals surface area contributed by atoms with E-state index in [1.54, 1.807) is 25.1 Å². The van der Waals surface area contributed by atoms with E-state index >= 15 is 0 Å². The van der Waals surface area contributed by atoms with Crippen molar-refractivity contribution in [2.45, 2.75) is 39.2 Å². The first kappa shape index (κ1) is 17.3. The zero-order valence-corrected chi connectivity index (χ0v) is 14.6. The third-order valence-corrected chi connectivity index (χ3v) is 4.56. The molecule has 2 aliphatic rings. The van der Waals surface area contributed by atoms with Gasteiger partial charge in [0.1, 0.15) is 5.54 Å². The van der Waals surface area contributed by atoms with Crippen molar-refractivity contribution in [1.29, 1.82) is 0 Å². The van der Waals surface area contributed by atoms with Gasteiger partial charge in [0, 0.05) is 5.56 Å². The first-order valence-corrected chi connectivity index (χ1v) is 8.37. The van der Waals surface area contributed by atoms with Crippen LogP contribution in [0.5, 0.6) is 11.5 Å². The SMILES string of the molecule is CC(C)CC[C@]1(C)NC(=O)N(CC(=O)c2ccc3c(c2)OCO3)C1=O. The van der Waals surface area contributed by atoms with E-state index in [1.165, 1.54) is 0 Å². The van der Waals surface area contributed by atoms with Gasteiger partial charge in [0.05, 0.1) is 6.54 Å². The Labute approximate surface area is 146 Å². The van der Waals surface area contributed by atoms with Crippen LogP contribution < -0.4 is 14.8 Å². The van der Waals surface area contributed by atoms with Gasteiger partial charge in [0.2, 0.25) is 6.79 Å². The third kappa shape index (κ3) is 3.31. The molecule has 1 N–H and O–H groups in total. The quantitative estimate of drug-likeness (QED) is 0.631. The average molecular weight is 346 g/mol. The summed E-state index contributed by atoms with van der Waals surface area (Å²) < 4.78 is 10.5. The Bertz CT molecular complexity index is 730. The molecule has 1 fully saturated rings. The second-order valence-corrected chi connectivity index (χ2v) is 7.08. The van der Waals surface area contributed by atoms with Gasteiger partial charge in [0.15, 0.2) is 17.3 Å². The number of benzene rings is 1. The van der Waals surface area contributed by atoms with Gasteiger partial charge < -0.3 is 14.8 Å². The molecule has 1 aromatic rings. The molecule has 0 unspecified atom stereocenters. The molecule has 0 spiro atoms. The fourth-order valence-corrected chi connectivity index (χ4v) is 2.94. The van der Waals surface area contributed by atoms with Crippen LogP contribution >= 0.6 is 0 Å². The van der Waals surface area contributed by atoms with Crippen molar-refractivity contribution in [3.8, 4) is 11.5 Å². The Morgan fingerprint density at radius 3 is 2.72 bits per heavy atom. The standard InChI is InChI=1S/C18H22N2O5/c1-11(2)6-7-18(3)16(22)20(17(23)19-18)9-13(21)12-4-5-14-15(8-12)25-10-24-14/h4-5,8,11H,6-7,9-10H2,1-3H3,(H,19,23)/t18-/m0/s1. The average Bonchev–Trinajstić information content (AvgIpc) is 3.11. The first-order chi connectivity index (χ1) is 11.8. The molecular formula is C18H22N2O5. The zero-order chi connectivity index (χ0) is 18.2. The molecule has 7 nitrogen and oxygen atoms in total. The second kappa shape index (κ2) is 6.38. The minimum absolute atomic E-state index is 0.119. The van der Waals surface area contributed by atoms with Crippen LogP contribution in [0.3, 0.4) is 0 Å². The van der Waals surface area contributed by atoms with E-state index in [4.69, 9.17) is 9.47 Å². The lowest BCUT2D eigenvalue weighted by Crippen LogP contribution is -2.44. The predicted molar refractivity (Wildman–Crippen MR) is 89.6 cm³/mol. The minimum Gasteiger partial charge on any atom is -0.454 e. The summed E-state index contributed by atoms with van der Waals surface area (Å²) in [6.45, 7) is 5.66. The van der Waals surface area contributed by atoms with Crippen LogP contribution in [-0.4, -0.2) is 41.5 Å². The number of ether oxygens (including phenoxy) is 2. The largest absolute Gasteiger partial charge is 0.454 e. The zero-order valence-electron chi connectivity index (χ0n) is 14.6. The maximum absolute atomic E-state index is 12.6. The number of hydrogen-bond acceptors (Lipinski definition) is 5. The predicted octanol–water partition coefficient (Wildman–Crippen LogP) is 2.34. The number of rotatable bonds is 6. The van der Waals surface area contributed by atoms with Gasteiger partial charge in [-0.15, -0.1) is 0 Å². The molecule has 1 atom stereocenters. The number of imide groups is 1. The van der Waals surface area contributed by atoms with Crippen molar-refractivity contribution < 1.29 is 23.9 Å². The lowest BCUT2D eigenvalue weighted by atomic mass is 9.92. The maximum atomic E-state index is 12.6. The van der Waals surface area contributed by atoms with Crippen molar-refractivity contribution >= 4 is 17.7 Å². The Kier molecular flexibility index (Phi) is 4.41. The number of hydrogen-bond donors (Lipinski definition) is 1. The van der Waals surface area contributed by atoms with E-state index in [2.05, 4.69) is 19.2 Å². The monoisotopic (exact) mass is 346 g/mol. The Hall–Kier alpha value is -2.57. The normalized spacial score (nSPS) is 21.8. The van der Waals surface area contributed by atoms with E-state index in [0.29, 0.717) is 29.4 Å². The summed E-state index contributed by atoms with van der Waals surface area (Å²) in [6, 6.07) is 4.30. The number of ketones is 1. The Morgan fingerprint density at radius 1 is 1.28 bits per heavy atom. The van der Waals surface area contributed by atoms with Crippen LogP contribution in [0.25, 0.3) is 0 Å². The van der Waals surface area contributed by atoms with E-state index in [1.807, 2.05) is 0 Å². The van der Waals surface area contributed by atoms with Crippen molar-refractivity contribution in [3.05, 3.63) is 23.8 Å². The summed E-state index contributed by atoms with van der Waals surface area (Å²) >= 11 is 0. The summed E-state index contributed by atoms with van der Waals surface area (Å²) in [5.74, 6) is 0.811. The topological polar surface area (TPSA) is 84.9 Å². The van der Waals surface area contributed by atoms with Gasteiger partial charge >= 0.3 is 6.03 Å². The smallest absolute Gasteiger partial charge is 0.325 e. The molecular weight excluding hydrogens is 324 g/mol. The van der Waals surface area contributed by atoms with Crippen molar-refractivity contribution in [1.82, 2.24) is 10.2 Å². The number of carbonyl (C=O) groups is 3. The fraction of sp³-hybridized carbons (Fsp3) is 0.500. The highest BCUT2D eigenvalue weighted by molar-refractivity contribution is 6.11. The molecule has 2 aliphatic heterocycles. The molecule has 0 aliphatic carbocycles. The highest BCUT2D eigenvalue weighted by Crippen LogP contribution is 2.33. The summed E-state index contributed by atoms with van der Waals surface area (Å²) in [5.41, 5.74) is -0.572. The Balaban J connectivity index is 1.71. The molecule has 3 rings (SSSR count). The molecule has 134 valence electrons. The number of urea groups is 1. The number of fused-ring (bicyclic) bond motifs is 1. The van der Waals surface area contributed by atoms with Crippen LogP contribution in [-0.2, 0) is 4.79 Å². The van der Waals surface area contributed by atoms with Gasteiger partial charge in [-0.1, -0.05) is 13.8 Å². The summed E-state index contributed by atoms with van der Waals surface area (Å²) in [6.07, 6.45) is 1.36. The molecule has 7 heteroatoms. The summed E-state index contributed by atoms with van der Waals surface area (Å²) in [4.78, 5) is 38.3. The molecule has 1 aromatic carbocycles. The van der Waals surface area contributed by atoms with Gasteiger partial charge in [0.25, 0.3) is 5.91 Å². The van der Waals surface area contributed by atoms with Gasteiger partial charge in [-0.05, 0) is 43.9 Å². The van der Waals surface area contributed by atoms with Crippen molar-refractivity contribution in [2.75, 3.05) is 13.3 Å². The highest BCUT2D eigenvalue weighted by atomic mass is 16.7. The van der Waals surface area contributed by atoms with E-state index in [-0.39, 0.29) is 25.0 Å². The number of amides is 3. The van der Waals surface area contributed by atoms with Crippen LogP contribution in [0, 0.1) is 5.92 Å². The lowest BCUT2D eigenvalue weighted by Gasteiger charge is -2.22. The van der Waals surface area contributed by atoms with Crippen LogP contribution in [0.4, 0.5) is 4.79 Å². The molecule has 2 heterocycles. The Morgan fingerprint density at radius 2 is 2.00 bits per heavy atom. The highest BCUT2D eigenvalue weighted by Gasteiger charge is 2.47. The number of nitrogens with zero attached hydrogens (tertiary/aromatic N) is 1. The minimum atomic E-state index is -0.948. The molecule has 3 amide bonds. The summed E-state index contributed by atoms with van der Waals surface area (Å²) in [5, 5.41) is 2.72. The van der Waals surface area contributed by atoms with Gasteiger partial charge in [-0.3, -0.25) is 14.5 Å². The number of nitrogens with one attached hydrogen (secondary N) is 1. The van der Waals surface area contributed by atoms with E-state index < -0.39 is 11.6 Å². The van der Waals surface area contributed by atoms with E-state index in [9.17, 15) is 14.4 Å². The van der Waals surface area contributed by atoms with Crippen LogP contribution in [0.1, 0.15) is 44.0 Å². The number of Topliss-reactive ketones (excluding diaryl/α,β-unsaturated/α-hetero) is 1. The van der Waals surface area contributed by atoms with Crippen molar-refractivity contribution in [2.24, 2.45) is 5.92 Å². The molecule has 0 bridgehead atoms. The van der Waals surface area contributed by atoms with Crippen LogP contribution in [0.2, 0.25) is 0 Å².